The summed E-state index contributed by atoms with van der Waals surface area (Å²) in [6, 6.07) is 17.6. The van der Waals surface area contributed by atoms with Crippen LogP contribution in [-0.4, -0.2) is 101 Å². The first-order chi connectivity index (χ1) is 24.4. The first-order valence-corrected chi connectivity index (χ1v) is 17.4. The van der Waals surface area contributed by atoms with Crippen molar-refractivity contribution in [1.82, 2.24) is 20.1 Å². The first-order valence-electron chi connectivity index (χ1n) is 17.4. The lowest BCUT2D eigenvalue weighted by Crippen LogP contribution is -2.49. The van der Waals surface area contributed by atoms with Crippen molar-refractivity contribution in [1.29, 1.82) is 0 Å². The maximum atomic E-state index is 13.7. The van der Waals surface area contributed by atoms with Crippen LogP contribution in [0.25, 0.3) is 21.8 Å². The zero-order valence-electron chi connectivity index (χ0n) is 28.0. The van der Waals surface area contributed by atoms with Crippen LogP contribution in [0.2, 0.25) is 0 Å². The summed E-state index contributed by atoms with van der Waals surface area (Å²) in [6.07, 6.45) is 5.95. The molecule has 3 aliphatic heterocycles. The number of non-ortho nitro benzene ring substituents is 1. The molecular formula is C38H40N8O4. The normalized spacial score (nSPS) is 20.3. The summed E-state index contributed by atoms with van der Waals surface area (Å²) in [4.78, 5) is 41.8. The van der Waals surface area contributed by atoms with Crippen molar-refractivity contribution in [2.45, 2.75) is 31.8 Å². The topological polar surface area (TPSA) is 139 Å². The highest BCUT2D eigenvalue weighted by Gasteiger charge is 2.47. The molecule has 2 atom stereocenters. The number of aliphatic imine (C=N–C) groups is 1. The van der Waals surface area contributed by atoms with Gasteiger partial charge >= 0.3 is 0 Å². The number of fused-ring (bicyclic) bond motifs is 4. The van der Waals surface area contributed by atoms with Crippen LogP contribution in [0.5, 0.6) is 5.75 Å². The fourth-order valence-electron chi connectivity index (χ4n) is 7.93. The minimum Gasteiger partial charge on any atom is -0.508 e. The summed E-state index contributed by atoms with van der Waals surface area (Å²) in [5.41, 5.74) is 5.16. The van der Waals surface area contributed by atoms with Crippen molar-refractivity contribution >= 4 is 50.5 Å². The zero-order valence-corrected chi connectivity index (χ0v) is 28.0. The van der Waals surface area contributed by atoms with Crippen molar-refractivity contribution in [3.8, 4) is 5.75 Å². The van der Waals surface area contributed by atoms with Gasteiger partial charge in [0.2, 0.25) is 0 Å². The lowest BCUT2D eigenvalue weighted by Gasteiger charge is -2.38. The third-order valence-corrected chi connectivity index (χ3v) is 10.3. The average Bonchev–Trinajstić information content (AvgIpc) is 3.46. The van der Waals surface area contributed by atoms with Gasteiger partial charge in [0.05, 0.1) is 39.4 Å². The Hall–Kier alpha value is -5.33. The summed E-state index contributed by atoms with van der Waals surface area (Å²) in [6.45, 7) is 9.35. The van der Waals surface area contributed by atoms with E-state index in [1.165, 1.54) is 0 Å². The van der Waals surface area contributed by atoms with E-state index in [9.17, 15) is 20.0 Å². The van der Waals surface area contributed by atoms with Crippen molar-refractivity contribution in [3.63, 3.8) is 0 Å². The first kappa shape index (κ1) is 31.9. The average molecular weight is 673 g/mol. The fraction of sp³-hybridized carbons (Fsp3) is 0.342. The fourth-order valence-corrected chi connectivity index (χ4v) is 7.93. The number of allylic oxidation sites excluding steroid dienone is 1. The van der Waals surface area contributed by atoms with E-state index in [1.54, 1.807) is 24.3 Å². The van der Waals surface area contributed by atoms with E-state index in [1.807, 2.05) is 49.4 Å². The van der Waals surface area contributed by atoms with Gasteiger partial charge in [-0.1, -0.05) is 30.3 Å². The molecule has 0 radical (unpaired) electrons. The number of phenolic OH excluding ortho intramolecular Hbond substituents is 1. The van der Waals surface area contributed by atoms with Gasteiger partial charge in [0, 0.05) is 67.6 Å². The van der Waals surface area contributed by atoms with E-state index < -0.39 is 0 Å². The molecule has 50 heavy (non-hydrogen) atoms. The standard InChI is InChI=1S/C38H40N8O4/c1-24-41-31-13-12-29(35-37(31)45(24)32-14-11-25(47)23-27(32)38(35)48)39-15-5-17-43-19-21-44(22-20-43)18-6-16-40-36-26-7-2-3-8-28(26)42-30-9-4-10-33(34(30)36)46(49)50/h2-4,7-14,23,31,37,39,47H,5-6,15-22H2,1H3,(H,40,42). The van der Waals surface area contributed by atoms with E-state index in [0.717, 1.165) is 98.0 Å². The molecule has 12 nitrogen and oxygen atoms in total. The highest BCUT2D eigenvalue weighted by molar-refractivity contribution is 6.21. The Balaban J connectivity index is 0.826. The Morgan fingerprint density at radius 3 is 2.42 bits per heavy atom. The number of pyridine rings is 1. The van der Waals surface area contributed by atoms with Gasteiger partial charge < -0.3 is 30.4 Å². The number of aromatic nitrogens is 1. The number of carbonyl (C=O) groups is 1. The molecule has 1 aliphatic carbocycles. The largest absolute Gasteiger partial charge is 0.508 e. The Morgan fingerprint density at radius 2 is 1.66 bits per heavy atom. The molecule has 4 heterocycles. The van der Waals surface area contributed by atoms with Crippen LogP contribution in [0.15, 0.2) is 89.1 Å². The van der Waals surface area contributed by atoms with Gasteiger partial charge in [-0.05, 0) is 69.3 Å². The molecule has 8 rings (SSSR count). The monoisotopic (exact) mass is 672 g/mol. The second-order valence-corrected chi connectivity index (χ2v) is 13.4. The minimum atomic E-state index is -0.332. The number of ketones is 1. The van der Waals surface area contributed by atoms with Crippen molar-refractivity contribution in [2.75, 3.05) is 62.6 Å². The summed E-state index contributed by atoms with van der Waals surface area (Å²) in [5.74, 6) is 0.911. The molecule has 2 unspecified atom stereocenters. The number of aromatic hydroxyl groups is 1. The van der Waals surface area contributed by atoms with E-state index in [0.29, 0.717) is 23.0 Å². The summed E-state index contributed by atoms with van der Waals surface area (Å²) < 4.78 is 0. The molecule has 0 amide bonds. The lowest BCUT2D eigenvalue weighted by molar-refractivity contribution is -0.383. The number of benzene rings is 3. The lowest BCUT2D eigenvalue weighted by atomic mass is 9.82. The van der Waals surface area contributed by atoms with Crippen molar-refractivity contribution in [3.05, 3.63) is 99.8 Å². The van der Waals surface area contributed by atoms with E-state index in [2.05, 4.69) is 36.4 Å². The van der Waals surface area contributed by atoms with Crippen molar-refractivity contribution < 1.29 is 14.8 Å². The van der Waals surface area contributed by atoms with Gasteiger partial charge in [-0.25, -0.2) is 4.98 Å². The number of rotatable bonds is 11. The molecule has 4 aromatic rings. The van der Waals surface area contributed by atoms with Gasteiger partial charge in [-0.3, -0.25) is 19.9 Å². The number of anilines is 2. The van der Waals surface area contributed by atoms with E-state index >= 15 is 0 Å². The molecule has 0 bridgehead atoms. The predicted molar refractivity (Wildman–Crippen MR) is 196 cm³/mol. The Kier molecular flexibility index (Phi) is 8.41. The van der Waals surface area contributed by atoms with Gasteiger partial charge in [-0.15, -0.1) is 0 Å². The van der Waals surface area contributed by atoms with Crippen LogP contribution in [0, 0.1) is 10.1 Å². The Labute approximate surface area is 289 Å². The van der Waals surface area contributed by atoms with Crippen molar-refractivity contribution in [2.24, 2.45) is 4.99 Å². The number of piperazine rings is 1. The van der Waals surface area contributed by atoms with Crippen LogP contribution >= 0.6 is 0 Å². The number of para-hydroxylation sites is 1. The number of nitrogens with one attached hydrogen (secondary N) is 2. The molecule has 0 saturated carbocycles. The molecule has 1 aromatic heterocycles. The third-order valence-electron chi connectivity index (χ3n) is 10.3. The minimum absolute atomic E-state index is 0.0472. The number of nitro benzene ring substituents is 1. The number of amidine groups is 1. The third kappa shape index (κ3) is 5.73. The number of Topliss-reactive ketones (excluding diaryl/α,β-unsaturated/α-hetero) is 1. The molecule has 0 spiro atoms. The number of phenols is 1. The van der Waals surface area contributed by atoms with Gasteiger partial charge in [-0.2, -0.15) is 0 Å². The van der Waals surface area contributed by atoms with Crippen LogP contribution in [0.1, 0.15) is 30.1 Å². The Bertz CT molecular complexity index is 2100. The molecule has 3 N–H and O–H groups in total. The van der Waals surface area contributed by atoms with Gasteiger partial charge in [0.15, 0.2) is 5.78 Å². The molecule has 256 valence electrons. The Morgan fingerprint density at radius 1 is 0.940 bits per heavy atom. The van der Waals surface area contributed by atoms with Gasteiger partial charge in [0.25, 0.3) is 5.69 Å². The predicted octanol–water partition coefficient (Wildman–Crippen LogP) is 5.10. The van der Waals surface area contributed by atoms with Crippen LogP contribution in [0.4, 0.5) is 17.1 Å². The number of nitrogens with zero attached hydrogens (tertiary/aromatic N) is 6. The SMILES string of the molecule is CC1=NC2C=CC(NCCCN3CCN(CCCNc4c5ccccc5nc5cccc([N+](=O)[O-])c45)CC3)=C3C(=O)c4cc(O)ccc4N1C32. The molecule has 1 saturated heterocycles. The smallest absolute Gasteiger partial charge is 0.280 e. The molecule has 12 heteroatoms. The summed E-state index contributed by atoms with van der Waals surface area (Å²) in [5, 5.41) is 30.5. The highest BCUT2D eigenvalue weighted by atomic mass is 16.6. The number of hydrogen-bond donors (Lipinski definition) is 3. The second kappa shape index (κ2) is 13.2. The maximum Gasteiger partial charge on any atom is 0.280 e. The molecule has 3 aromatic carbocycles. The zero-order chi connectivity index (χ0) is 34.4. The second-order valence-electron chi connectivity index (χ2n) is 13.4. The van der Waals surface area contributed by atoms with E-state index in [-0.39, 0.29) is 34.2 Å². The number of hydrogen-bond acceptors (Lipinski definition) is 11. The molecule has 4 aliphatic rings. The highest BCUT2D eigenvalue weighted by Crippen LogP contribution is 2.43. The number of nitro groups is 1. The maximum absolute atomic E-state index is 13.7. The summed E-state index contributed by atoms with van der Waals surface area (Å²) in [7, 11) is 0. The number of carbonyl (C=O) groups excluding carboxylic acids is 1. The van der Waals surface area contributed by atoms with Gasteiger partial charge in [0.1, 0.15) is 17.0 Å². The van der Waals surface area contributed by atoms with Crippen LogP contribution in [-0.2, 0) is 0 Å². The van der Waals surface area contributed by atoms with Crippen LogP contribution in [0.3, 0.4) is 0 Å². The van der Waals surface area contributed by atoms with E-state index in [4.69, 9.17) is 4.99 Å². The van der Waals surface area contributed by atoms with Crippen LogP contribution < -0.4 is 15.5 Å². The summed E-state index contributed by atoms with van der Waals surface area (Å²) >= 11 is 0. The quantitative estimate of drug-likeness (QED) is 0.0854. The molecular weight excluding hydrogens is 632 g/mol. The molecule has 1 fully saturated rings.